The Hall–Kier alpha value is -9.41. The van der Waals surface area contributed by atoms with Crippen LogP contribution in [0.25, 0.3) is 90.6 Å². The summed E-state index contributed by atoms with van der Waals surface area (Å²) in [5.41, 5.74) is 12.6. The van der Waals surface area contributed by atoms with E-state index < -0.39 is 55.9 Å². The van der Waals surface area contributed by atoms with E-state index in [4.69, 9.17) is 23.5 Å². The maximum Gasteiger partial charge on any atom is 0.647 e. The standard InChI is InChI=1S/C52H29N6O12P/c59-49(60)43-37-27(11-15-32-39(37)45(51(63)64)57(32)43)20-1-5-22(6-2-20)35-29-13-9-24(53-29)17-26-19-34-41(55-26)36(42-48-47(69-71(67,68-34)70-48)31(56-42)18-25-10-14-30(35)54-25)23-7-3-21(4-8-23)28-12-16-33-40-38(28)44(50(61)62)58(33)46(40)52(65)66/h1-19,43-46,53,56H,(H,59,60)(H,61,62)(H,63,64)(H,65,66). The number of aromatic nitrogens is 4. The number of carboxylic acid groups (broad SMARTS) is 4. The molecule has 0 radical (unpaired) electrons. The number of phosphoric ester groups is 1. The Kier molecular flexibility index (Phi) is 7.37. The Balaban J connectivity index is 0.884. The van der Waals surface area contributed by atoms with E-state index in [9.17, 15) is 44.2 Å². The zero-order valence-electron chi connectivity index (χ0n) is 36.1. The molecular weight excluding hydrogens is 932 g/mol. The number of nitrogens with zero attached hydrogens (tertiary/aromatic N) is 4. The van der Waals surface area contributed by atoms with E-state index in [0.717, 1.165) is 22.2 Å². The van der Waals surface area contributed by atoms with Gasteiger partial charge in [0.15, 0.2) is 29.9 Å². The molecule has 0 spiro atoms. The molecule has 10 aliphatic rings. The summed E-state index contributed by atoms with van der Waals surface area (Å²) in [5, 5.41) is 40.3. The maximum atomic E-state index is 14.3. The number of nitrogens with one attached hydrogen (secondary N) is 2. The van der Waals surface area contributed by atoms with Gasteiger partial charge in [-0.3, -0.25) is 0 Å². The number of hydrogen-bond acceptors (Lipinski definition) is 12. The number of H-pyrrole nitrogens is 2. The van der Waals surface area contributed by atoms with Crippen LogP contribution < -0.4 is 18.8 Å². The molecule has 18 nitrogen and oxygen atoms in total. The minimum absolute atomic E-state index is 0.135. The first kappa shape index (κ1) is 39.6. The lowest BCUT2D eigenvalue weighted by Crippen LogP contribution is -2.39. The molecule has 19 heteroatoms. The number of benzene rings is 4. The molecule has 18 bridgehead atoms. The molecule has 0 fully saturated rings. The summed E-state index contributed by atoms with van der Waals surface area (Å²) in [7, 11) is -4.27. The zero-order valence-corrected chi connectivity index (χ0v) is 37.0. The van der Waals surface area contributed by atoms with Crippen LogP contribution in [0.2, 0.25) is 0 Å². The van der Waals surface area contributed by atoms with Gasteiger partial charge in [-0.25, -0.2) is 29.1 Å². The molecule has 4 aromatic carbocycles. The third-order valence-electron chi connectivity index (χ3n) is 14.5. The molecule has 5 unspecified atom stereocenters. The van der Waals surface area contributed by atoms with Crippen LogP contribution in [-0.4, -0.2) is 64.2 Å². The maximum absolute atomic E-state index is 14.3. The van der Waals surface area contributed by atoms with Crippen molar-refractivity contribution in [3.63, 3.8) is 0 Å². The highest BCUT2D eigenvalue weighted by atomic mass is 31.2. The topological polar surface area (TPSA) is 258 Å². The molecule has 3 aromatic heterocycles. The van der Waals surface area contributed by atoms with Crippen molar-refractivity contribution in [1.82, 2.24) is 19.9 Å². The van der Waals surface area contributed by atoms with E-state index in [2.05, 4.69) is 9.97 Å². The highest BCUT2D eigenvalue weighted by molar-refractivity contribution is 7.50. The number of hydrogen-bond donors (Lipinski definition) is 6. The van der Waals surface area contributed by atoms with Gasteiger partial charge in [0, 0.05) is 61.9 Å². The Morgan fingerprint density at radius 1 is 0.535 bits per heavy atom. The van der Waals surface area contributed by atoms with Gasteiger partial charge in [-0.1, -0.05) is 60.7 Å². The van der Waals surface area contributed by atoms with Gasteiger partial charge >= 0.3 is 31.7 Å². The number of aromatic amines is 2. The SMILES string of the molecule is O=C(O)C1c2c(-c3ccc(-c4c5nc(cc6[nH]c7c8c6OP(=O)(OC6=Cc(cc9ccc4[nH]9)nc6c7-c4ccc(-c6ccc7c9c6C(C(=O)O)N7C9C(=O)O)cc4)O8)C=C5)cc3)ccc3c2C(C(=O)O)N31. The van der Waals surface area contributed by atoms with E-state index in [-0.39, 0.29) is 17.3 Å². The molecule has 10 aliphatic heterocycles. The molecule has 7 aromatic rings. The van der Waals surface area contributed by atoms with Crippen LogP contribution in [0, 0.1) is 0 Å². The predicted octanol–water partition coefficient (Wildman–Crippen LogP) is 9.73. The van der Waals surface area contributed by atoms with E-state index >= 15 is 0 Å². The lowest BCUT2D eigenvalue weighted by Gasteiger charge is -2.35. The molecule has 13 heterocycles. The number of aliphatic carboxylic acids is 4. The second kappa shape index (κ2) is 13.2. The van der Waals surface area contributed by atoms with Crippen LogP contribution in [-0.2, 0) is 28.3 Å². The Morgan fingerprint density at radius 2 is 1.08 bits per heavy atom. The summed E-state index contributed by atoms with van der Waals surface area (Å²) in [5.74, 6) is -4.03. The number of carbonyl (C=O) groups is 4. The van der Waals surface area contributed by atoms with Gasteiger partial charge in [-0.2, -0.15) is 4.57 Å². The fourth-order valence-electron chi connectivity index (χ4n) is 11.7. The smallest absolute Gasteiger partial charge is 0.479 e. The molecule has 5 atom stereocenters. The molecule has 0 saturated heterocycles. The highest BCUT2D eigenvalue weighted by Gasteiger charge is 2.58. The van der Waals surface area contributed by atoms with Crippen molar-refractivity contribution in [3.8, 4) is 56.0 Å². The van der Waals surface area contributed by atoms with Crippen LogP contribution in [0.4, 0.5) is 11.4 Å². The van der Waals surface area contributed by atoms with Gasteiger partial charge in [-0.05, 0) is 81.9 Å². The number of fused-ring (bicyclic) bond motifs is 8. The molecule has 0 aliphatic carbocycles. The summed E-state index contributed by atoms with van der Waals surface area (Å²) in [4.78, 5) is 69.2. The first-order valence-corrected chi connectivity index (χ1v) is 23.7. The average Bonchev–Trinajstić information content (AvgIpc) is 4.21. The summed E-state index contributed by atoms with van der Waals surface area (Å²) in [6, 6.07) is 25.2. The van der Waals surface area contributed by atoms with Crippen molar-refractivity contribution in [1.29, 1.82) is 0 Å². The number of carboxylic acids is 4. The van der Waals surface area contributed by atoms with Crippen molar-refractivity contribution < 1.29 is 57.7 Å². The van der Waals surface area contributed by atoms with Crippen molar-refractivity contribution in [2.45, 2.75) is 24.2 Å². The van der Waals surface area contributed by atoms with Crippen LogP contribution in [0.1, 0.15) is 69.2 Å². The normalized spacial score (nSPS) is 21.3. The summed E-state index contributed by atoms with van der Waals surface area (Å²) in [6.07, 6.45) is 5.35. The summed E-state index contributed by atoms with van der Waals surface area (Å²) >= 11 is 0. The Labute approximate surface area is 397 Å². The van der Waals surface area contributed by atoms with E-state index in [1.54, 1.807) is 24.3 Å². The summed E-state index contributed by atoms with van der Waals surface area (Å²) in [6.45, 7) is 0. The van der Waals surface area contributed by atoms with Gasteiger partial charge in [0.1, 0.15) is 5.69 Å². The van der Waals surface area contributed by atoms with Crippen LogP contribution in [0.15, 0.2) is 97.1 Å². The van der Waals surface area contributed by atoms with Gasteiger partial charge in [0.25, 0.3) is 0 Å². The van der Waals surface area contributed by atoms with Crippen LogP contribution in [0.5, 0.6) is 11.5 Å². The van der Waals surface area contributed by atoms with Crippen LogP contribution >= 0.6 is 7.82 Å². The second-order valence-corrected chi connectivity index (χ2v) is 19.6. The third-order valence-corrected chi connectivity index (χ3v) is 15.7. The fraction of sp³-hybridized carbons (Fsp3) is 0.0769. The van der Waals surface area contributed by atoms with Crippen molar-refractivity contribution in [2.75, 3.05) is 9.80 Å². The Morgan fingerprint density at radius 3 is 1.68 bits per heavy atom. The lowest BCUT2D eigenvalue weighted by molar-refractivity contribution is -0.142. The fourth-order valence-corrected chi connectivity index (χ4v) is 13.0. The average molecular weight is 961 g/mol. The monoisotopic (exact) mass is 960 g/mol. The predicted molar refractivity (Wildman–Crippen MR) is 256 cm³/mol. The van der Waals surface area contributed by atoms with E-state index in [0.29, 0.717) is 101 Å². The van der Waals surface area contributed by atoms with Gasteiger partial charge in [0.2, 0.25) is 11.5 Å². The van der Waals surface area contributed by atoms with Crippen molar-refractivity contribution in [3.05, 3.63) is 142 Å². The molecule has 71 heavy (non-hydrogen) atoms. The molecule has 0 saturated carbocycles. The molecular formula is C52H29N6O12P. The van der Waals surface area contributed by atoms with Gasteiger partial charge < -0.3 is 53.8 Å². The number of phosphoric acid groups is 1. The first-order chi connectivity index (χ1) is 34.3. The van der Waals surface area contributed by atoms with Crippen LogP contribution in [0.3, 0.4) is 0 Å². The van der Waals surface area contributed by atoms with E-state index in [1.807, 2.05) is 91.0 Å². The minimum atomic E-state index is -4.27. The molecule has 17 rings (SSSR count). The second-order valence-electron chi connectivity index (χ2n) is 18.2. The molecule has 0 amide bonds. The molecule has 6 N–H and O–H groups in total. The Bertz CT molecular complexity index is 4080. The number of rotatable bonds is 8. The van der Waals surface area contributed by atoms with Gasteiger partial charge in [-0.15, -0.1) is 0 Å². The quantitative estimate of drug-likeness (QED) is 0.0774. The number of anilines is 2. The third kappa shape index (κ3) is 5.12. The van der Waals surface area contributed by atoms with E-state index in [1.165, 1.54) is 9.80 Å². The minimum Gasteiger partial charge on any atom is -0.479 e. The molecule has 344 valence electrons. The van der Waals surface area contributed by atoms with Crippen molar-refractivity contribution >= 4 is 89.1 Å². The zero-order chi connectivity index (χ0) is 48.1. The largest absolute Gasteiger partial charge is 0.647 e. The summed E-state index contributed by atoms with van der Waals surface area (Å²) < 4.78 is 32.5. The van der Waals surface area contributed by atoms with Gasteiger partial charge in [0.05, 0.1) is 28.1 Å². The lowest BCUT2D eigenvalue weighted by atomic mass is 9.89. The first-order valence-electron chi connectivity index (χ1n) is 22.3. The van der Waals surface area contributed by atoms with Crippen molar-refractivity contribution in [2.24, 2.45) is 0 Å². The highest BCUT2D eigenvalue weighted by Crippen LogP contribution is 2.67.